The summed E-state index contributed by atoms with van der Waals surface area (Å²) < 4.78 is 13.2. The molecule has 0 aliphatic carbocycles. The van der Waals surface area contributed by atoms with Crippen molar-refractivity contribution in [2.45, 2.75) is 39.0 Å². The molecule has 0 saturated carbocycles. The first-order valence-corrected chi connectivity index (χ1v) is 9.69. The van der Waals surface area contributed by atoms with Gasteiger partial charge in [0.2, 0.25) is 0 Å². The van der Waals surface area contributed by atoms with Crippen LogP contribution in [0.4, 0.5) is 0 Å². The average Bonchev–Trinajstić information content (AvgIpc) is 3.27. The van der Waals surface area contributed by atoms with Crippen molar-refractivity contribution in [1.29, 1.82) is 0 Å². The number of carbonyl (C=O) groups is 1. The number of fused-ring (bicyclic) bond motifs is 1. The van der Waals surface area contributed by atoms with Crippen molar-refractivity contribution in [3.63, 3.8) is 0 Å². The van der Waals surface area contributed by atoms with E-state index in [1.807, 2.05) is 32.0 Å². The SMILES string of the molecule is CCC1OCC(C)(C(=O)C(Cc2cccc3ccccc23)n2cncn2)CO1. The fourth-order valence-corrected chi connectivity index (χ4v) is 3.79. The Morgan fingerprint density at radius 1 is 1.21 bits per heavy atom. The standard InChI is InChI=1S/C22H25N3O3/c1-3-20-27-12-22(2,13-28-20)21(26)19(25-15-23-14-24-25)11-17-9-6-8-16-7-4-5-10-18(16)17/h4-10,14-15,19-20H,3,11-13H2,1-2H3. The van der Waals surface area contributed by atoms with E-state index in [2.05, 4.69) is 34.3 Å². The van der Waals surface area contributed by atoms with Gasteiger partial charge in [-0.05, 0) is 29.7 Å². The summed E-state index contributed by atoms with van der Waals surface area (Å²) in [6.07, 6.45) is 4.15. The Kier molecular flexibility index (Phi) is 5.24. The third kappa shape index (κ3) is 3.57. The van der Waals surface area contributed by atoms with E-state index in [1.165, 1.54) is 6.33 Å². The van der Waals surface area contributed by atoms with Crippen LogP contribution >= 0.6 is 0 Å². The second kappa shape index (κ2) is 7.81. The van der Waals surface area contributed by atoms with Crippen molar-refractivity contribution in [3.8, 4) is 0 Å². The first kappa shape index (κ1) is 18.8. The van der Waals surface area contributed by atoms with Gasteiger partial charge < -0.3 is 9.47 Å². The highest BCUT2D eigenvalue weighted by molar-refractivity contribution is 5.90. The Balaban J connectivity index is 1.66. The van der Waals surface area contributed by atoms with E-state index in [0.717, 1.165) is 22.8 Å². The molecule has 1 saturated heterocycles. The minimum Gasteiger partial charge on any atom is -0.352 e. The van der Waals surface area contributed by atoms with E-state index in [-0.39, 0.29) is 12.1 Å². The summed E-state index contributed by atoms with van der Waals surface area (Å²) in [6, 6.07) is 13.9. The van der Waals surface area contributed by atoms with Crippen molar-refractivity contribution in [3.05, 3.63) is 60.7 Å². The minimum absolute atomic E-state index is 0.0560. The monoisotopic (exact) mass is 379 g/mol. The van der Waals surface area contributed by atoms with Crippen molar-refractivity contribution in [2.75, 3.05) is 13.2 Å². The lowest BCUT2D eigenvalue weighted by atomic mass is 9.81. The minimum atomic E-state index is -0.715. The van der Waals surface area contributed by atoms with E-state index >= 15 is 0 Å². The van der Waals surface area contributed by atoms with Gasteiger partial charge in [-0.15, -0.1) is 0 Å². The molecule has 0 N–H and O–H groups in total. The Hall–Kier alpha value is -2.57. The lowest BCUT2D eigenvalue weighted by molar-refractivity contribution is -0.224. The molecular weight excluding hydrogens is 354 g/mol. The molecule has 0 bridgehead atoms. The summed E-state index contributed by atoms with van der Waals surface area (Å²) in [5.74, 6) is 0.0560. The number of ketones is 1. The lowest BCUT2D eigenvalue weighted by Gasteiger charge is -2.37. The normalized spacial score (nSPS) is 23.6. The average molecular weight is 379 g/mol. The largest absolute Gasteiger partial charge is 0.352 e. The second-order valence-corrected chi connectivity index (χ2v) is 7.62. The molecular formula is C22H25N3O3. The van der Waals surface area contributed by atoms with Gasteiger partial charge in [-0.3, -0.25) is 4.79 Å². The first-order valence-electron chi connectivity index (χ1n) is 9.69. The van der Waals surface area contributed by atoms with Gasteiger partial charge in [-0.1, -0.05) is 49.4 Å². The third-order valence-corrected chi connectivity index (χ3v) is 5.46. The topological polar surface area (TPSA) is 66.2 Å². The maximum Gasteiger partial charge on any atom is 0.168 e. The van der Waals surface area contributed by atoms with Crippen LogP contribution in [0.15, 0.2) is 55.1 Å². The van der Waals surface area contributed by atoms with E-state index in [0.29, 0.717) is 19.6 Å². The van der Waals surface area contributed by atoms with Crippen molar-refractivity contribution < 1.29 is 14.3 Å². The van der Waals surface area contributed by atoms with Crippen LogP contribution in [0, 0.1) is 5.41 Å². The van der Waals surface area contributed by atoms with Gasteiger partial charge >= 0.3 is 0 Å². The molecule has 1 aliphatic heterocycles. The van der Waals surface area contributed by atoms with Gasteiger partial charge in [0, 0.05) is 6.42 Å². The molecule has 0 spiro atoms. The molecule has 6 nitrogen and oxygen atoms in total. The molecule has 28 heavy (non-hydrogen) atoms. The van der Waals surface area contributed by atoms with Gasteiger partial charge in [0.15, 0.2) is 12.1 Å². The summed E-state index contributed by atoms with van der Waals surface area (Å²) in [4.78, 5) is 17.7. The van der Waals surface area contributed by atoms with Crippen molar-refractivity contribution in [1.82, 2.24) is 14.8 Å². The third-order valence-electron chi connectivity index (χ3n) is 5.46. The molecule has 1 unspecified atom stereocenters. The highest BCUT2D eigenvalue weighted by atomic mass is 16.7. The molecule has 3 aromatic rings. The maximum absolute atomic E-state index is 13.6. The van der Waals surface area contributed by atoms with E-state index in [1.54, 1.807) is 11.0 Å². The molecule has 1 fully saturated rings. The van der Waals surface area contributed by atoms with Crippen LogP contribution in [-0.4, -0.2) is 40.1 Å². The maximum atomic E-state index is 13.6. The van der Waals surface area contributed by atoms with Gasteiger partial charge in [0.1, 0.15) is 18.7 Å². The fourth-order valence-electron chi connectivity index (χ4n) is 3.79. The van der Waals surface area contributed by atoms with Crippen LogP contribution in [0.1, 0.15) is 31.9 Å². The highest BCUT2D eigenvalue weighted by Crippen LogP contribution is 2.33. The Labute approximate surface area is 164 Å². The molecule has 2 aromatic carbocycles. The van der Waals surface area contributed by atoms with E-state index < -0.39 is 11.5 Å². The van der Waals surface area contributed by atoms with Gasteiger partial charge in [0.05, 0.1) is 18.6 Å². The smallest absolute Gasteiger partial charge is 0.168 e. The highest BCUT2D eigenvalue weighted by Gasteiger charge is 2.43. The quantitative estimate of drug-likeness (QED) is 0.655. The Bertz CT molecular complexity index is 941. The predicted octanol–water partition coefficient (Wildman–Crippen LogP) is 3.57. The number of rotatable bonds is 6. The molecule has 4 rings (SSSR count). The number of benzene rings is 2. The summed E-state index contributed by atoms with van der Waals surface area (Å²) >= 11 is 0. The van der Waals surface area contributed by atoms with E-state index in [4.69, 9.17) is 9.47 Å². The molecule has 146 valence electrons. The van der Waals surface area contributed by atoms with Crippen LogP contribution in [0.25, 0.3) is 10.8 Å². The molecule has 0 amide bonds. The number of carbonyl (C=O) groups excluding carboxylic acids is 1. The molecule has 1 atom stereocenters. The second-order valence-electron chi connectivity index (χ2n) is 7.62. The predicted molar refractivity (Wildman–Crippen MR) is 106 cm³/mol. The fraction of sp³-hybridized carbons (Fsp3) is 0.409. The van der Waals surface area contributed by atoms with Crippen molar-refractivity contribution in [2.24, 2.45) is 5.41 Å². The van der Waals surface area contributed by atoms with E-state index in [9.17, 15) is 4.79 Å². The molecule has 0 radical (unpaired) electrons. The number of nitrogens with zero attached hydrogens (tertiary/aromatic N) is 3. The summed E-state index contributed by atoms with van der Waals surface area (Å²) in [7, 11) is 0. The summed E-state index contributed by atoms with van der Waals surface area (Å²) in [6.45, 7) is 4.62. The molecule has 1 aliphatic rings. The van der Waals surface area contributed by atoms with Crippen LogP contribution in [-0.2, 0) is 20.7 Å². The zero-order valence-corrected chi connectivity index (χ0v) is 16.2. The van der Waals surface area contributed by atoms with Gasteiger partial charge in [0.25, 0.3) is 0 Å². The van der Waals surface area contributed by atoms with Crippen LogP contribution in [0.2, 0.25) is 0 Å². The number of hydrogen-bond acceptors (Lipinski definition) is 5. The molecule has 1 aromatic heterocycles. The lowest BCUT2D eigenvalue weighted by Crippen LogP contribution is -2.48. The van der Waals surface area contributed by atoms with Gasteiger partial charge in [-0.2, -0.15) is 5.10 Å². The summed E-state index contributed by atoms with van der Waals surface area (Å²) in [5.41, 5.74) is 0.395. The number of hydrogen-bond donors (Lipinski definition) is 0. The number of aromatic nitrogens is 3. The number of Topliss-reactive ketones (excluding diaryl/α,β-unsaturated/α-hetero) is 1. The number of ether oxygens (including phenoxy) is 2. The van der Waals surface area contributed by atoms with Crippen LogP contribution in [0.5, 0.6) is 0 Å². The Morgan fingerprint density at radius 3 is 2.68 bits per heavy atom. The zero-order chi connectivity index (χ0) is 19.6. The molecule has 6 heteroatoms. The van der Waals surface area contributed by atoms with Crippen LogP contribution in [0.3, 0.4) is 0 Å². The van der Waals surface area contributed by atoms with Crippen LogP contribution < -0.4 is 0 Å². The van der Waals surface area contributed by atoms with Gasteiger partial charge in [-0.25, -0.2) is 9.67 Å². The Morgan fingerprint density at radius 2 is 1.96 bits per heavy atom. The first-order chi connectivity index (χ1) is 13.6. The van der Waals surface area contributed by atoms with Crippen molar-refractivity contribution >= 4 is 16.6 Å². The molecule has 2 heterocycles. The zero-order valence-electron chi connectivity index (χ0n) is 16.2. The summed E-state index contributed by atoms with van der Waals surface area (Å²) in [5, 5.41) is 6.58.